The summed E-state index contributed by atoms with van der Waals surface area (Å²) >= 11 is 0. The fraction of sp³-hybridized carbons (Fsp3) is 0.480. The zero-order valence-electron chi connectivity index (χ0n) is 19.9. The zero-order valence-corrected chi connectivity index (χ0v) is 19.9. The number of phenols is 1. The molecule has 0 radical (unpaired) electrons. The van der Waals surface area contributed by atoms with E-state index in [1.54, 1.807) is 37.4 Å². The summed E-state index contributed by atoms with van der Waals surface area (Å²) in [6.45, 7) is 4.91. The molecule has 2 rings (SSSR count). The van der Waals surface area contributed by atoms with Crippen molar-refractivity contribution >= 4 is 5.91 Å². The summed E-state index contributed by atoms with van der Waals surface area (Å²) in [4.78, 5) is 12.2. The van der Waals surface area contributed by atoms with Crippen LogP contribution in [-0.4, -0.2) is 75.4 Å². The van der Waals surface area contributed by atoms with Gasteiger partial charge in [0.25, 0.3) is 5.91 Å². The number of amides is 1. The van der Waals surface area contributed by atoms with Crippen molar-refractivity contribution < 1.29 is 34.0 Å². The monoisotopic (exact) mass is 476 g/mol. The molecular formula is C25H36N2O7. The van der Waals surface area contributed by atoms with Crippen LogP contribution in [0.1, 0.15) is 30.1 Å². The molecule has 1 unspecified atom stereocenters. The van der Waals surface area contributed by atoms with E-state index in [9.17, 15) is 15.0 Å². The molecule has 2 aromatic carbocycles. The van der Waals surface area contributed by atoms with E-state index >= 15 is 0 Å². The minimum absolute atomic E-state index is 0.0872. The van der Waals surface area contributed by atoms with Crippen LogP contribution < -0.4 is 24.8 Å². The van der Waals surface area contributed by atoms with E-state index in [4.69, 9.17) is 18.9 Å². The number of aliphatic hydroxyl groups is 1. The van der Waals surface area contributed by atoms with Gasteiger partial charge in [0.1, 0.15) is 48.9 Å². The lowest BCUT2D eigenvalue weighted by molar-refractivity contribution is 0.0949. The first-order chi connectivity index (χ1) is 16.5. The van der Waals surface area contributed by atoms with Gasteiger partial charge in [-0.25, -0.2) is 0 Å². The number of aliphatic hydroxyl groups excluding tert-OH is 1. The molecule has 0 aliphatic rings. The van der Waals surface area contributed by atoms with E-state index < -0.39 is 6.10 Å². The first kappa shape index (κ1) is 27.2. The van der Waals surface area contributed by atoms with Crippen LogP contribution in [0.3, 0.4) is 0 Å². The fourth-order valence-electron chi connectivity index (χ4n) is 2.90. The molecule has 0 bridgehead atoms. The third kappa shape index (κ3) is 10.3. The number of carbonyl (C=O) groups is 1. The van der Waals surface area contributed by atoms with Gasteiger partial charge in [-0.2, -0.15) is 0 Å². The van der Waals surface area contributed by atoms with Crippen LogP contribution in [0, 0.1) is 0 Å². The molecule has 9 heteroatoms. The van der Waals surface area contributed by atoms with Crippen LogP contribution in [0.5, 0.6) is 23.0 Å². The number of rotatable bonds is 17. The molecule has 0 aliphatic carbocycles. The van der Waals surface area contributed by atoms with Crippen LogP contribution in [-0.2, 0) is 4.74 Å². The minimum atomic E-state index is -0.690. The molecule has 4 N–H and O–H groups in total. The van der Waals surface area contributed by atoms with E-state index in [2.05, 4.69) is 10.6 Å². The van der Waals surface area contributed by atoms with Gasteiger partial charge in [-0.3, -0.25) is 4.79 Å². The minimum Gasteiger partial charge on any atom is -0.507 e. The molecule has 0 saturated carbocycles. The van der Waals surface area contributed by atoms with Gasteiger partial charge in [0.05, 0.1) is 12.2 Å². The molecule has 188 valence electrons. The summed E-state index contributed by atoms with van der Waals surface area (Å²) in [5.41, 5.74) is 0.184. The lowest BCUT2D eigenvalue weighted by Gasteiger charge is -2.14. The number of methoxy groups -OCH3 is 1. The Morgan fingerprint density at radius 3 is 2.32 bits per heavy atom. The largest absolute Gasteiger partial charge is 0.507 e. The van der Waals surface area contributed by atoms with Gasteiger partial charge in [-0.1, -0.05) is 13.3 Å². The Bertz CT molecular complexity index is 846. The summed E-state index contributed by atoms with van der Waals surface area (Å²) < 4.78 is 21.7. The highest BCUT2D eigenvalue weighted by Gasteiger charge is 2.12. The SMILES string of the molecule is CCCCNC(=O)c1cc(OCCNCC(O)COc2ccc(OCCOC)cc2)ccc1O. The molecular weight excluding hydrogens is 440 g/mol. The van der Waals surface area contributed by atoms with Crippen molar-refractivity contribution in [1.82, 2.24) is 10.6 Å². The molecule has 0 spiro atoms. The van der Waals surface area contributed by atoms with Crippen LogP contribution in [0.15, 0.2) is 42.5 Å². The number of hydrogen-bond acceptors (Lipinski definition) is 8. The van der Waals surface area contributed by atoms with Gasteiger partial charge in [0, 0.05) is 26.7 Å². The second-order valence-corrected chi connectivity index (χ2v) is 7.62. The van der Waals surface area contributed by atoms with E-state index in [-0.39, 0.29) is 23.8 Å². The Morgan fingerprint density at radius 2 is 1.62 bits per heavy atom. The topological polar surface area (TPSA) is 119 Å². The third-order valence-corrected chi connectivity index (χ3v) is 4.78. The van der Waals surface area contributed by atoms with Gasteiger partial charge < -0.3 is 39.8 Å². The molecule has 0 heterocycles. The quantitative estimate of drug-likeness (QED) is 0.257. The van der Waals surface area contributed by atoms with E-state index in [0.717, 1.165) is 18.6 Å². The van der Waals surface area contributed by atoms with Gasteiger partial charge in [0.2, 0.25) is 0 Å². The second kappa shape index (κ2) is 15.8. The number of ether oxygens (including phenoxy) is 4. The lowest BCUT2D eigenvalue weighted by Crippen LogP contribution is -2.33. The fourth-order valence-corrected chi connectivity index (χ4v) is 2.90. The molecule has 0 fully saturated rings. The lowest BCUT2D eigenvalue weighted by atomic mass is 10.1. The maximum absolute atomic E-state index is 12.2. The number of hydrogen-bond donors (Lipinski definition) is 4. The molecule has 1 amide bonds. The number of benzene rings is 2. The Balaban J connectivity index is 1.63. The van der Waals surface area contributed by atoms with Crippen molar-refractivity contribution in [2.75, 3.05) is 53.2 Å². The average molecular weight is 477 g/mol. The zero-order chi connectivity index (χ0) is 24.6. The summed E-state index contributed by atoms with van der Waals surface area (Å²) in [5.74, 6) is 1.44. The van der Waals surface area contributed by atoms with Gasteiger partial charge in [-0.15, -0.1) is 0 Å². The van der Waals surface area contributed by atoms with Crippen LogP contribution in [0.4, 0.5) is 0 Å². The molecule has 0 aliphatic heterocycles. The number of aromatic hydroxyl groups is 1. The summed E-state index contributed by atoms with van der Waals surface area (Å²) in [6, 6.07) is 11.7. The molecule has 9 nitrogen and oxygen atoms in total. The van der Waals surface area contributed by atoms with Crippen molar-refractivity contribution in [3.05, 3.63) is 48.0 Å². The predicted octanol–water partition coefficient (Wildman–Crippen LogP) is 2.36. The Kier molecular flexibility index (Phi) is 12.6. The highest BCUT2D eigenvalue weighted by atomic mass is 16.5. The molecule has 0 saturated heterocycles. The van der Waals surface area contributed by atoms with Crippen molar-refractivity contribution in [2.24, 2.45) is 0 Å². The standard InChI is InChI=1S/C25H36N2O7/c1-3-4-11-27-25(30)23-16-22(9-10-24(23)29)32-13-12-26-17-19(28)18-34-21-7-5-20(6-8-21)33-15-14-31-2/h5-10,16,19,26,28-29H,3-4,11-15,17-18H2,1-2H3,(H,27,30). The molecule has 1 atom stereocenters. The summed E-state index contributed by atoms with van der Waals surface area (Å²) in [6.07, 6.45) is 1.16. The van der Waals surface area contributed by atoms with Crippen LogP contribution in [0.2, 0.25) is 0 Å². The average Bonchev–Trinajstić information content (AvgIpc) is 2.84. The van der Waals surface area contributed by atoms with E-state index in [1.165, 1.54) is 12.1 Å². The Labute approximate surface area is 201 Å². The first-order valence-corrected chi connectivity index (χ1v) is 11.5. The molecule has 0 aromatic heterocycles. The van der Waals surface area contributed by atoms with Gasteiger partial charge >= 0.3 is 0 Å². The summed E-state index contributed by atoms with van der Waals surface area (Å²) in [5, 5.41) is 25.9. The molecule has 2 aromatic rings. The third-order valence-electron chi connectivity index (χ3n) is 4.78. The Morgan fingerprint density at radius 1 is 0.941 bits per heavy atom. The van der Waals surface area contributed by atoms with Crippen molar-refractivity contribution in [2.45, 2.75) is 25.9 Å². The number of carbonyl (C=O) groups excluding carboxylic acids is 1. The van der Waals surface area contributed by atoms with E-state index in [0.29, 0.717) is 51.0 Å². The first-order valence-electron chi connectivity index (χ1n) is 11.5. The van der Waals surface area contributed by atoms with Crippen LogP contribution in [0.25, 0.3) is 0 Å². The van der Waals surface area contributed by atoms with Crippen molar-refractivity contribution in [1.29, 1.82) is 0 Å². The second-order valence-electron chi connectivity index (χ2n) is 7.62. The maximum atomic E-state index is 12.2. The number of unbranched alkanes of at least 4 members (excludes halogenated alkanes) is 1. The normalized spacial score (nSPS) is 11.6. The smallest absolute Gasteiger partial charge is 0.255 e. The highest BCUT2D eigenvalue weighted by Crippen LogP contribution is 2.23. The number of phenolic OH excluding ortho intramolecular Hbond substituents is 1. The Hall–Kier alpha value is -3.01. The predicted molar refractivity (Wildman–Crippen MR) is 129 cm³/mol. The maximum Gasteiger partial charge on any atom is 0.255 e. The van der Waals surface area contributed by atoms with Crippen LogP contribution >= 0.6 is 0 Å². The number of nitrogens with one attached hydrogen (secondary N) is 2. The van der Waals surface area contributed by atoms with E-state index in [1.807, 2.05) is 6.92 Å². The van der Waals surface area contributed by atoms with Gasteiger partial charge in [0.15, 0.2) is 0 Å². The van der Waals surface area contributed by atoms with Crippen molar-refractivity contribution in [3.63, 3.8) is 0 Å². The highest BCUT2D eigenvalue weighted by molar-refractivity contribution is 5.97. The molecule has 34 heavy (non-hydrogen) atoms. The van der Waals surface area contributed by atoms with Crippen molar-refractivity contribution in [3.8, 4) is 23.0 Å². The van der Waals surface area contributed by atoms with Gasteiger partial charge in [-0.05, 0) is 48.9 Å². The summed E-state index contributed by atoms with van der Waals surface area (Å²) in [7, 11) is 1.62.